The van der Waals surface area contributed by atoms with Crippen LogP contribution >= 0.6 is 0 Å². The van der Waals surface area contributed by atoms with Crippen molar-refractivity contribution in [2.24, 2.45) is 0 Å². The van der Waals surface area contributed by atoms with Crippen molar-refractivity contribution in [2.45, 2.75) is 19.0 Å². The topological polar surface area (TPSA) is 168 Å². The van der Waals surface area contributed by atoms with Crippen LogP contribution in [0.3, 0.4) is 0 Å². The van der Waals surface area contributed by atoms with E-state index in [1.165, 1.54) is 53.0 Å². The van der Waals surface area contributed by atoms with Crippen LogP contribution in [0, 0.1) is 5.82 Å². The van der Waals surface area contributed by atoms with Crippen LogP contribution in [0.25, 0.3) is 10.9 Å². The molecule has 2 heterocycles. The first-order chi connectivity index (χ1) is 24.1. The molecule has 0 aliphatic carbocycles. The number of benzene rings is 3. The number of urea groups is 1. The highest BCUT2D eigenvalue weighted by molar-refractivity contribution is 6.03. The molecule has 15 nitrogen and oxygen atoms in total. The summed E-state index contributed by atoms with van der Waals surface area (Å²) in [5.41, 5.74) is 0.676. The van der Waals surface area contributed by atoms with Gasteiger partial charge in [0, 0.05) is 27.7 Å². The molecule has 4 amide bonds. The van der Waals surface area contributed by atoms with Gasteiger partial charge in [0.15, 0.2) is 5.82 Å². The number of piperazine rings is 1. The number of halogens is 1. The maximum Gasteiger partial charge on any atom is 0.407 e. The summed E-state index contributed by atoms with van der Waals surface area (Å²) in [7, 11) is 4.10. The van der Waals surface area contributed by atoms with E-state index in [0.29, 0.717) is 33.8 Å². The van der Waals surface area contributed by atoms with Crippen molar-refractivity contribution in [1.29, 1.82) is 0 Å². The summed E-state index contributed by atoms with van der Waals surface area (Å²) < 4.78 is 30.7. The summed E-state index contributed by atoms with van der Waals surface area (Å²) in [6, 6.07) is 14.3. The molecule has 1 aromatic heterocycles. The van der Waals surface area contributed by atoms with Crippen LogP contribution in [0.1, 0.15) is 21.6 Å². The van der Waals surface area contributed by atoms with Gasteiger partial charge in [-0.05, 0) is 55.5 Å². The standard InChI is InChI=1S/C34H38FN7O8.2H2/c1-21(41(28-14-13-24(48-2)19-29(28)49-3)33(46)36-23-11-9-22(35)10-12-23)30-37-26-8-6-5-7-25(26)31(44)42(30)40-17-15-39(16-18-40)32(45)27(20-43)38-34(47)50-4;;/h5-14,19,21,27,43H,15-18,20H2,1-4H3,(H,36,46)(H,38,47);2*1H/t21?,27-;;/m0../s1. The average molecular weight is 696 g/mol. The monoisotopic (exact) mass is 695 g/mol. The fraction of sp³-hybridized carbons (Fsp3) is 0.324. The fourth-order valence-electron chi connectivity index (χ4n) is 5.72. The number of alkyl carbamates (subject to hydrolysis) is 1. The molecule has 1 saturated heterocycles. The quantitative estimate of drug-likeness (QED) is 0.224. The van der Waals surface area contributed by atoms with E-state index >= 15 is 0 Å². The molecule has 1 unspecified atom stereocenters. The number of amides is 4. The molecule has 1 fully saturated rings. The van der Waals surface area contributed by atoms with Crippen LogP contribution in [-0.4, -0.2) is 97.9 Å². The molecule has 0 saturated carbocycles. The molecule has 0 radical (unpaired) electrons. The molecule has 1 aliphatic heterocycles. The minimum Gasteiger partial charge on any atom is -0.497 e. The molecule has 50 heavy (non-hydrogen) atoms. The number of aromatic nitrogens is 2. The Morgan fingerprint density at radius 2 is 1.70 bits per heavy atom. The van der Waals surface area contributed by atoms with Crippen LogP contribution < -0.4 is 35.6 Å². The highest BCUT2D eigenvalue weighted by atomic mass is 19.1. The van der Waals surface area contributed by atoms with E-state index in [0.717, 1.165) is 7.11 Å². The van der Waals surface area contributed by atoms with Gasteiger partial charge >= 0.3 is 12.1 Å². The van der Waals surface area contributed by atoms with Crippen molar-refractivity contribution in [3.63, 3.8) is 0 Å². The van der Waals surface area contributed by atoms with Gasteiger partial charge in [0.25, 0.3) is 5.56 Å². The van der Waals surface area contributed by atoms with Crippen LogP contribution in [0.15, 0.2) is 71.5 Å². The zero-order valence-corrected chi connectivity index (χ0v) is 28.0. The van der Waals surface area contributed by atoms with Crippen molar-refractivity contribution in [2.75, 3.05) is 69.3 Å². The Morgan fingerprint density at radius 1 is 1.00 bits per heavy atom. The Morgan fingerprint density at radius 3 is 2.34 bits per heavy atom. The summed E-state index contributed by atoms with van der Waals surface area (Å²) in [5, 5.41) is 17.0. The SMILES string of the molecule is COC(=O)N[C@@H](CO)C(=O)N1CCN(n2c(C(C)N(C(=O)Nc3ccc(F)cc3)c3ccc(OC)cc3OC)nc3ccccc3c2=O)CC1.[HH].[HH]. The second kappa shape index (κ2) is 15.5. The highest BCUT2D eigenvalue weighted by Crippen LogP contribution is 2.37. The molecular weight excluding hydrogens is 653 g/mol. The number of hydrogen-bond donors (Lipinski definition) is 3. The summed E-state index contributed by atoms with van der Waals surface area (Å²) in [4.78, 5) is 61.0. The number of ether oxygens (including phenoxy) is 3. The van der Waals surface area contributed by atoms with Gasteiger partial charge in [0.2, 0.25) is 5.91 Å². The number of anilines is 2. The largest absolute Gasteiger partial charge is 0.497 e. The summed E-state index contributed by atoms with van der Waals surface area (Å²) in [5.74, 6) is 0.0104. The van der Waals surface area contributed by atoms with E-state index in [4.69, 9.17) is 14.5 Å². The van der Waals surface area contributed by atoms with Gasteiger partial charge in [-0.25, -0.2) is 23.6 Å². The fourth-order valence-corrected chi connectivity index (χ4v) is 5.72. The number of methoxy groups -OCH3 is 3. The maximum absolute atomic E-state index is 14.2. The summed E-state index contributed by atoms with van der Waals surface area (Å²) in [6.45, 7) is 1.73. The number of nitrogens with one attached hydrogen (secondary N) is 2. The number of aliphatic hydroxyl groups is 1. The van der Waals surface area contributed by atoms with Gasteiger partial charge in [-0.1, -0.05) is 12.1 Å². The Labute approximate surface area is 289 Å². The Balaban J connectivity index is 0.00000364. The average Bonchev–Trinajstić information content (AvgIpc) is 3.14. The van der Waals surface area contributed by atoms with Gasteiger partial charge in [-0.2, -0.15) is 0 Å². The number of para-hydroxylation sites is 1. The summed E-state index contributed by atoms with van der Waals surface area (Å²) >= 11 is 0. The molecule has 268 valence electrons. The van der Waals surface area contributed by atoms with Gasteiger partial charge in [-0.15, -0.1) is 0 Å². The maximum atomic E-state index is 14.2. The lowest BCUT2D eigenvalue weighted by Gasteiger charge is -2.40. The predicted octanol–water partition coefficient (Wildman–Crippen LogP) is 3.34. The molecule has 0 bridgehead atoms. The number of rotatable bonds is 10. The molecule has 1 aliphatic rings. The van der Waals surface area contributed by atoms with Gasteiger partial charge in [-0.3, -0.25) is 14.5 Å². The Kier molecular flexibility index (Phi) is 11.0. The third-order valence-corrected chi connectivity index (χ3v) is 8.31. The molecule has 5 rings (SSSR count). The lowest BCUT2D eigenvalue weighted by atomic mass is 10.1. The van der Waals surface area contributed by atoms with E-state index in [1.54, 1.807) is 54.4 Å². The minimum absolute atomic E-state index is 0. The lowest BCUT2D eigenvalue weighted by molar-refractivity contribution is -0.134. The van der Waals surface area contributed by atoms with Crippen molar-refractivity contribution in [3.8, 4) is 11.5 Å². The molecule has 0 spiro atoms. The van der Waals surface area contributed by atoms with E-state index < -0.39 is 48.1 Å². The van der Waals surface area contributed by atoms with E-state index in [-0.39, 0.29) is 34.9 Å². The van der Waals surface area contributed by atoms with E-state index in [9.17, 15) is 28.7 Å². The summed E-state index contributed by atoms with van der Waals surface area (Å²) in [6.07, 6.45) is -0.857. The second-order valence-electron chi connectivity index (χ2n) is 11.3. The second-order valence-corrected chi connectivity index (χ2v) is 11.3. The molecular formula is C34H42FN7O8. The molecule has 16 heteroatoms. The normalized spacial score (nSPS) is 14.0. The van der Waals surface area contributed by atoms with Crippen molar-refractivity contribution < 1.29 is 40.9 Å². The number of hydrogen-bond acceptors (Lipinski definition) is 10. The first-order valence-corrected chi connectivity index (χ1v) is 15.7. The van der Waals surface area contributed by atoms with Crippen molar-refractivity contribution in [1.82, 2.24) is 19.9 Å². The van der Waals surface area contributed by atoms with Crippen molar-refractivity contribution in [3.05, 3.63) is 88.7 Å². The van der Waals surface area contributed by atoms with Crippen LogP contribution in [0.5, 0.6) is 11.5 Å². The smallest absolute Gasteiger partial charge is 0.407 e. The highest BCUT2D eigenvalue weighted by Gasteiger charge is 2.34. The van der Waals surface area contributed by atoms with Gasteiger partial charge < -0.3 is 39.9 Å². The number of carbonyl (C=O) groups excluding carboxylic acids is 3. The first kappa shape index (κ1) is 35.4. The lowest BCUT2D eigenvalue weighted by Crippen LogP contribution is -2.60. The van der Waals surface area contributed by atoms with Gasteiger partial charge in [0.1, 0.15) is 23.4 Å². The molecule has 3 N–H and O–H groups in total. The third-order valence-electron chi connectivity index (χ3n) is 8.31. The number of aliphatic hydroxyl groups excluding tert-OH is 1. The van der Waals surface area contributed by atoms with Crippen molar-refractivity contribution >= 4 is 40.3 Å². The first-order valence-electron chi connectivity index (χ1n) is 15.7. The van der Waals surface area contributed by atoms with Crippen LogP contribution in [0.2, 0.25) is 0 Å². The number of carbonyl (C=O) groups is 3. The van der Waals surface area contributed by atoms with Crippen LogP contribution in [0.4, 0.5) is 25.4 Å². The molecule has 3 aromatic carbocycles. The molecule has 4 aromatic rings. The van der Waals surface area contributed by atoms with E-state index in [2.05, 4.69) is 15.4 Å². The van der Waals surface area contributed by atoms with E-state index in [1.807, 2.05) is 0 Å². The Bertz CT molecular complexity index is 1930. The zero-order chi connectivity index (χ0) is 35.9. The Hall–Kier alpha value is -5.90. The number of fused-ring (bicyclic) bond motifs is 1. The number of nitrogens with zero attached hydrogens (tertiary/aromatic N) is 5. The zero-order valence-electron chi connectivity index (χ0n) is 28.0. The molecule has 2 atom stereocenters. The van der Waals surface area contributed by atoms with Crippen LogP contribution in [-0.2, 0) is 9.53 Å². The van der Waals surface area contributed by atoms with Gasteiger partial charge in [0.05, 0.1) is 63.7 Å². The predicted molar refractivity (Wildman–Crippen MR) is 187 cm³/mol. The minimum atomic E-state index is -1.21. The third kappa shape index (κ3) is 7.39.